The number of hydrogen-bond acceptors (Lipinski definition) is 6. The highest BCUT2D eigenvalue weighted by atomic mass is 35.5. The highest BCUT2D eigenvalue weighted by Gasteiger charge is 2.25. The molecule has 4 rings (SSSR count). The molecule has 1 aliphatic rings. The molecule has 0 radical (unpaired) electrons. The van der Waals surface area contributed by atoms with Crippen molar-refractivity contribution in [3.8, 4) is 16.9 Å². The van der Waals surface area contributed by atoms with E-state index in [1.54, 1.807) is 12.1 Å². The number of halogens is 2. The number of phenolic OH excluding ortho intramolecular Hbond substituents is 1. The Bertz CT molecular complexity index is 1160. The van der Waals surface area contributed by atoms with Gasteiger partial charge in [-0.2, -0.15) is 0 Å². The summed E-state index contributed by atoms with van der Waals surface area (Å²) < 4.78 is 0. The minimum atomic E-state index is -0.121. The van der Waals surface area contributed by atoms with Crippen molar-refractivity contribution in [3.63, 3.8) is 0 Å². The van der Waals surface area contributed by atoms with Crippen LogP contribution in [0, 0.1) is 0 Å². The summed E-state index contributed by atoms with van der Waals surface area (Å²) in [7, 11) is 4.15. The maximum absolute atomic E-state index is 11.6. The molecule has 6 nitrogen and oxygen atoms in total. The van der Waals surface area contributed by atoms with E-state index in [0.717, 1.165) is 78.6 Å². The maximum atomic E-state index is 11.6. The van der Waals surface area contributed by atoms with Crippen LogP contribution in [0.3, 0.4) is 0 Å². The number of nitrogens with one attached hydrogen (secondary N) is 1. The number of piperidine rings is 1. The van der Waals surface area contributed by atoms with Gasteiger partial charge in [0, 0.05) is 42.7 Å². The number of hydrogen-bond donors (Lipinski definition) is 2. The number of fused-ring (bicyclic) bond motifs is 1. The van der Waals surface area contributed by atoms with Crippen molar-refractivity contribution in [3.05, 3.63) is 52.1 Å². The Morgan fingerprint density at radius 2 is 1.79 bits per heavy atom. The molecule has 0 bridgehead atoms. The number of anilines is 1. The number of nitrogens with zero attached hydrogens (tertiary/aromatic N) is 3. The second-order valence-electron chi connectivity index (χ2n) is 9.00. The smallest absolute Gasteiger partial charge is 0.152 e. The molecule has 8 heteroatoms. The van der Waals surface area contributed by atoms with Gasteiger partial charge < -0.3 is 25.0 Å². The van der Waals surface area contributed by atoms with E-state index in [-0.39, 0.29) is 15.8 Å². The molecule has 1 aromatic heterocycles. The van der Waals surface area contributed by atoms with Gasteiger partial charge in [0.25, 0.3) is 0 Å². The molecule has 0 unspecified atom stereocenters. The molecule has 0 saturated carbocycles. The fraction of sp³-hybridized carbons (Fsp3) is 0.385. The summed E-state index contributed by atoms with van der Waals surface area (Å²) in [6.07, 6.45) is 5.18. The van der Waals surface area contributed by atoms with Crippen molar-refractivity contribution in [2.75, 3.05) is 45.2 Å². The third kappa shape index (κ3) is 5.31. The monoisotopic (exact) mass is 500 g/mol. The zero-order chi connectivity index (χ0) is 24.2. The summed E-state index contributed by atoms with van der Waals surface area (Å²) in [5.74, 6) is -0.121. The molecule has 180 valence electrons. The first-order valence-corrected chi connectivity index (χ1v) is 12.3. The minimum Gasteiger partial charge on any atom is -0.505 e. The van der Waals surface area contributed by atoms with Gasteiger partial charge in [-0.3, -0.25) is 4.98 Å². The van der Waals surface area contributed by atoms with Crippen molar-refractivity contribution in [1.29, 1.82) is 0 Å². The molecule has 34 heavy (non-hydrogen) atoms. The molecule has 0 spiro atoms. The standard InChI is InChI=1S/C26H30Cl2N4O2/c1-31(2)10-11-32(20-5-8-29-9-6-20)25-18(7-12-33)16-30-24-4-3-17(13-21(24)25)19-14-22(27)26(34)23(28)15-19/h3-4,12-16,20,29,34H,5-11H2,1-2H3. The van der Waals surface area contributed by atoms with Gasteiger partial charge >= 0.3 is 0 Å². The van der Waals surface area contributed by atoms with Crippen LogP contribution in [0.25, 0.3) is 22.0 Å². The fourth-order valence-corrected chi connectivity index (χ4v) is 5.10. The lowest BCUT2D eigenvalue weighted by Gasteiger charge is -2.38. The lowest BCUT2D eigenvalue weighted by molar-refractivity contribution is -0.107. The SMILES string of the molecule is CN(C)CCN(c1c(CC=O)cnc2ccc(-c3cc(Cl)c(O)c(Cl)c3)cc12)C1CCNCC1. The van der Waals surface area contributed by atoms with Gasteiger partial charge in [0.05, 0.1) is 21.2 Å². The van der Waals surface area contributed by atoms with Crippen molar-refractivity contribution in [2.24, 2.45) is 0 Å². The van der Waals surface area contributed by atoms with Crippen LogP contribution in [0.15, 0.2) is 36.5 Å². The van der Waals surface area contributed by atoms with E-state index in [4.69, 9.17) is 23.2 Å². The number of likely N-dealkylation sites (N-methyl/N-ethyl adjacent to an activating group) is 1. The number of benzene rings is 2. The van der Waals surface area contributed by atoms with Gasteiger partial charge in [0.15, 0.2) is 5.75 Å². The number of phenols is 1. The van der Waals surface area contributed by atoms with Gasteiger partial charge in [-0.15, -0.1) is 0 Å². The van der Waals surface area contributed by atoms with E-state index < -0.39 is 0 Å². The Balaban J connectivity index is 1.90. The zero-order valence-electron chi connectivity index (χ0n) is 19.5. The fourth-order valence-electron chi connectivity index (χ4n) is 4.61. The Labute approximate surface area is 210 Å². The van der Waals surface area contributed by atoms with Crippen LogP contribution in [-0.4, -0.2) is 67.6 Å². The molecule has 3 aromatic rings. The molecule has 2 heterocycles. The van der Waals surface area contributed by atoms with Gasteiger partial charge in [-0.1, -0.05) is 29.3 Å². The van der Waals surface area contributed by atoms with E-state index in [0.29, 0.717) is 12.5 Å². The van der Waals surface area contributed by atoms with Crippen LogP contribution in [0.2, 0.25) is 10.0 Å². The van der Waals surface area contributed by atoms with Crippen molar-refractivity contribution >= 4 is 46.1 Å². The van der Waals surface area contributed by atoms with Crippen LogP contribution in [0.5, 0.6) is 5.75 Å². The number of aromatic nitrogens is 1. The number of carbonyl (C=O) groups is 1. The molecule has 2 aromatic carbocycles. The number of carbonyl (C=O) groups excluding carboxylic acids is 1. The third-order valence-electron chi connectivity index (χ3n) is 6.39. The van der Waals surface area contributed by atoms with E-state index in [1.807, 2.05) is 18.3 Å². The summed E-state index contributed by atoms with van der Waals surface area (Å²) in [6, 6.07) is 9.85. The van der Waals surface area contributed by atoms with Gasteiger partial charge in [0.2, 0.25) is 0 Å². The van der Waals surface area contributed by atoms with Crippen LogP contribution in [0.1, 0.15) is 18.4 Å². The summed E-state index contributed by atoms with van der Waals surface area (Å²) in [5, 5.41) is 14.9. The first-order chi connectivity index (χ1) is 16.4. The van der Waals surface area contributed by atoms with E-state index in [9.17, 15) is 9.90 Å². The number of aldehydes is 1. The second kappa shape index (κ2) is 10.9. The Hall–Kier alpha value is -2.38. The van der Waals surface area contributed by atoms with Gasteiger partial charge in [-0.05, 0) is 75.4 Å². The average molecular weight is 501 g/mol. The van der Waals surface area contributed by atoms with Gasteiger partial charge in [0.1, 0.15) is 6.29 Å². The molecular weight excluding hydrogens is 471 g/mol. The summed E-state index contributed by atoms with van der Waals surface area (Å²) in [5.41, 5.74) is 4.60. The third-order valence-corrected chi connectivity index (χ3v) is 6.97. The molecule has 1 aliphatic heterocycles. The number of aromatic hydroxyl groups is 1. The lowest BCUT2D eigenvalue weighted by atomic mass is 9.97. The normalized spacial score (nSPS) is 14.6. The van der Waals surface area contributed by atoms with E-state index >= 15 is 0 Å². The zero-order valence-corrected chi connectivity index (χ0v) is 21.0. The summed E-state index contributed by atoms with van der Waals surface area (Å²) in [6.45, 7) is 3.71. The van der Waals surface area contributed by atoms with Crippen LogP contribution >= 0.6 is 23.2 Å². The van der Waals surface area contributed by atoms with Crippen LogP contribution in [0.4, 0.5) is 5.69 Å². The first-order valence-electron chi connectivity index (χ1n) is 11.5. The Morgan fingerprint density at radius 1 is 1.09 bits per heavy atom. The minimum absolute atomic E-state index is 0.121. The highest BCUT2D eigenvalue weighted by molar-refractivity contribution is 6.37. The van der Waals surface area contributed by atoms with Crippen molar-refractivity contribution < 1.29 is 9.90 Å². The Morgan fingerprint density at radius 3 is 2.44 bits per heavy atom. The number of rotatable bonds is 8. The molecule has 2 N–H and O–H groups in total. The lowest BCUT2D eigenvalue weighted by Crippen LogP contribution is -2.46. The highest BCUT2D eigenvalue weighted by Crippen LogP contribution is 2.39. The summed E-state index contributed by atoms with van der Waals surface area (Å²) >= 11 is 12.4. The average Bonchev–Trinajstić information content (AvgIpc) is 2.83. The molecule has 0 aliphatic carbocycles. The molecule has 1 saturated heterocycles. The topological polar surface area (TPSA) is 68.7 Å². The van der Waals surface area contributed by atoms with Crippen LogP contribution in [-0.2, 0) is 11.2 Å². The predicted molar refractivity (Wildman–Crippen MR) is 140 cm³/mol. The molecule has 1 fully saturated rings. The van der Waals surface area contributed by atoms with Crippen molar-refractivity contribution in [2.45, 2.75) is 25.3 Å². The second-order valence-corrected chi connectivity index (χ2v) is 9.82. The quantitative estimate of drug-likeness (QED) is 0.434. The van der Waals surface area contributed by atoms with Gasteiger partial charge in [-0.25, -0.2) is 0 Å². The van der Waals surface area contributed by atoms with E-state index in [2.05, 4.69) is 40.3 Å². The van der Waals surface area contributed by atoms with Crippen molar-refractivity contribution in [1.82, 2.24) is 15.2 Å². The predicted octanol–water partition coefficient (Wildman–Crippen LogP) is 4.78. The first kappa shape index (κ1) is 24.7. The summed E-state index contributed by atoms with van der Waals surface area (Å²) in [4.78, 5) is 20.9. The molecular formula is C26H30Cl2N4O2. The number of pyridine rings is 1. The van der Waals surface area contributed by atoms with Crippen LogP contribution < -0.4 is 10.2 Å². The largest absolute Gasteiger partial charge is 0.505 e. The molecule has 0 atom stereocenters. The van der Waals surface area contributed by atoms with E-state index in [1.165, 1.54) is 0 Å². The molecule has 0 amide bonds. The maximum Gasteiger partial charge on any atom is 0.152 e. The Kier molecular flexibility index (Phi) is 7.94.